The molecule has 5 fully saturated rings. The second-order valence-electron chi connectivity index (χ2n) is 20.5. The highest BCUT2D eigenvalue weighted by Crippen LogP contribution is 2.62. The van der Waals surface area contributed by atoms with Crippen LogP contribution in [-0.4, -0.2) is 57.9 Å². The first kappa shape index (κ1) is 41.7. The van der Waals surface area contributed by atoms with Gasteiger partial charge in [-0.05, 0) is 167 Å². The molecule has 2 N–H and O–H groups in total. The monoisotopic (exact) mass is 786 g/mol. The van der Waals surface area contributed by atoms with E-state index in [9.17, 15) is 19.8 Å². The van der Waals surface area contributed by atoms with E-state index in [4.69, 9.17) is 4.74 Å². The Morgan fingerprint density at radius 1 is 0.982 bits per heavy atom. The molecule has 308 valence electrons. The van der Waals surface area contributed by atoms with E-state index in [1.807, 2.05) is 30.0 Å². The van der Waals surface area contributed by atoms with E-state index >= 15 is 0 Å². The summed E-state index contributed by atoms with van der Waals surface area (Å²) >= 11 is 1.52. The van der Waals surface area contributed by atoms with Gasteiger partial charge in [0.25, 0.3) is 0 Å². The molecule has 1 aromatic carbocycles. The first-order valence-corrected chi connectivity index (χ1v) is 23.1. The molecule has 56 heavy (non-hydrogen) atoms. The van der Waals surface area contributed by atoms with E-state index in [1.54, 1.807) is 0 Å². The number of benzene rings is 1. The van der Waals surface area contributed by atoms with Crippen LogP contribution in [0.3, 0.4) is 0 Å². The van der Waals surface area contributed by atoms with Crippen LogP contribution in [0.15, 0.2) is 42.0 Å². The molecule has 7 aliphatic rings. The predicted molar refractivity (Wildman–Crippen MR) is 227 cm³/mol. The number of rotatable bonds is 8. The van der Waals surface area contributed by atoms with Crippen molar-refractivity contribution in [2.45, 2.75) is 163 Å². The van der Waals surface area contributed by atoms with Crippen molar-refractivity contribution in [3.63, 3.8) is 0 Å². The number of ketones is 1. The number of fused-ring (bicyclic) bond motifs is 10. The number of allylic oxidation sites excluding steroid dienone is 2. The molecule has 7 aliphatic carbocycles. The van der Waals surface area contributed by atoms with Gasteiger partial charge in [0.2, 0.25) is 5.78 Å². The van der Waals surface area contributed by atoms with Crippen molar-refractivity contribution >= 4 is 23.2 Å². The number of amides is 1. The summed E-state index contributed by atoms with van der Waals surface area (Å²) in [6, 6.07) is 10.2. The van der Waals surface area contributed by atoms with Crippen molar-refractivity contribution in [3.8, 4) is 0 Å². The molecular weight excluding hydrogens is 715 g/mol. The van der Waals surface area contributed by atoms with Gasteiger partial charge in [0.05, 0.1) is 23.1 Å². The second kappa shape index (κ2) is 16.3. The Hall–Kier alpha value is -2.48. The number of hydrogen-bond acceptors (Lipinski definition) is 6. The van der Waals surface area contributed by atoms with E-state index < -0.39 is 17.1 Å². The highest BCUT2D eigenvalue weighted by molar-refractivity contribution is 7.14. The fourth-order valence-electron chi connectivity index (χ4n) is 12.3. The maximum absolute atomic E-state index is 14.8. The summed E-state index contributed by atoms with van der Waals surface area (Å²) in [6.07, 6.45) is 12.9. The number of aliphatic hydroxyl groups excluding tert-OH is 1. The zero-order valence-electron chi connectivity index (χ0n) is 35.7. The number of carbonyl (C=O) groups is 2. The summed E-state index contributed by atoms with van der Waals surface area (Å²) in [5, 5.41) is 24.4. The van der Waals surface area contributed by atoms with Crippen LogP contribution >= 0.6 is 11.3 Å². The smallest absolute Gasteiger partial charge is 0.410 e. The Morgan fingerprint density at radius 3 is 2.46 bits per heavy atom. The van der Waals surface area contributed by atoms with Gasteiger partial charge in [0.15, 0.2) is 0 Å². The number of aliphatic hydroxyl groups is 2. The quantitative estimate of drug-likeness (QED) is 0.206. The Balaban J connectivity index is 1.26. The van der Waals surface area contributed by atoms with Crippen LogP contribution in [0.5, 0.6) is 0 Å². The zero-order valence-corrected chi connectivity index (χ0v) is 36.6. The average Bonchev–Trinajstić information content (AvgIpc) is 3.69. The number of aryl methyl sites for hydroxylation is 1. The minimum Gasteiger partial charge on any atom is -0.446 e. The molecule has 0 unspecified atom stereocenters. The topological polar surface area (TPSA) is 87.1 Å². The van der Waals surface area contributed by atoms with Crippen molar-refractivity contribution in [1.82, 2.24) is 4.90 Å². The van der Waals surface area contributed by atoms with Gasteiger partial charge < -0.3 is 19.8 Å². The van der Waals surface area contributed by atoms with Crippen molar-refractivity contribution < 1.29 is 24.5 Å². The van der Waals surface area contributed by atoms with Crippen molar-refractivity contribution in [2.24, 2.45) is 46.3 Å². The summed E-state index contributed by atoms with van der Waals surface area (Å²) < 4.78 is 6.65. The van der Waals surface area contributed by atoms with Crippen molar-refractivity contribution in [3.05, 3.63) is 68.4 Å². The predicted octanol–water partition coefficient (Wildman–Crippen LogP) is 11.3. The van der Waals surface area contributed by atoms with Crippen LogP contribution in [0, 0.1) is 53.3 Å². The van der Waals surface area contributed by atoms with Gasteiger partial charge in [0, 0.05) is 22.4 Å². The summed E-state index contributed by atoms with van der Waals surface area (Å²) in [7, 11) is 0. The van der Waals surface area contributed by atoms with E-state index in [-0.39, 0.29) is 35.9 Å². The standard InChI is InChI=1S/C49H71NO5S/c1-30(2)38-18-12-32(4)24-43(38)55-46(53)50(28-35-15-16-36-27-42(35)47(36,6)7)29-49(54)23-21-41-39-19-14-34(26-40(39)45(52)44-20-13-33(5)56-44)25-37(51)17-11-31(3)10-9-22-48(41,49)8/h10,13-14,19-20,26,30,32,35-38,41-43,51,54H,9,11-12,15-18,21-25,27-29H2,1-8H3/t32-,35-,36-,37-,38+,41-,42-,43-,48-,49+/m0/s1. The number of carbonyl (C=O) groups excluding carboxylic acids is 2. The van der Waals surface area contributed by atoms with E-state index in [1.165, 1.54) is 36.2 Å². The first-order valence-electron chi connectivity index (χ1n) is 22.2. The lowest BCUT2D eigenvalue weighted by atomic mass is 9.45. The highest BCUT2D eigenvalue weighted by Gasteiger charge is 2.59. The maximum Gasteiger partial charge on any atom is 0.410 e. The third kappa shape index (κ3) is 8.09. The highest BCUT2D eigenvalue weighted by atomic mass is 32.1. The fraction of sp³-hybridized carbons (Fsp3) is 0.714. The van der Waals surface area contributed by atoms with Gasteiger partial charge in [-0.1, -0.05) is 71.7 Å². The van der Waals surface area contributed by atoms with E-state index in [2.05, 4.69) is 66.7 Å². The Labute approximate surface area is 341 Å². The summed E-state index contributed by atoms with van der Waals surface area (Å²) in [5.74, 6) is 2.95. The minimum absolute atomic E-state index is 0.0143. The van der Waals surface area contributed by atoms with Crippen LogP contribution in [-0.2, 0) is 11.2 Å². The molecule has 10 atom stereocenters. The third-order valence-electron chi connectivity index (χ3n) is 16.3. The van der Waals surface area contributed by atoms with Gasteiger partial charge in [0.1, 0.15) is 6.10 Å². The van der Waals surface area contributed by atoms with E-state index in [0.29, 0.717) is 61.0 Å². The number of thiophene rings is 1. The zero-order chi connectivity index (χ0) is 40.2. The lowest BCUT2D eigenvalue weighted by Gasteiger charge is -2.60. The number of ether oxygens (including phenoxy) is 1. The number of hydrogen-bond donors (Lipinski definition) is 2. The summed E-state index contributed by atoms with van der Waals surface area (Å²) in [4.78, 5) is 33.0. The molecule has 1 heterocycles. The van der Waals surface area contributed by atoms with E-state index in [0.717, 1.165) is 71.7 Å². The minimum atomic E-state index is -1.19. The lowest BCUT2D eigenvalue weighted by molar-refractivity contribution is -0.122. The molecule has 7 heteroatoms. The molecule has 0 saturated heterocycles. The molecule has 0 radical (unpaired) electrons. The molecular formula is C49H71NO5S. The van der Waals surface area contributed by atoms with Crippen LogP contribution in [0.2, 0.25) is 0 Å². The maximum atomic E-state index is 14.8. The molecule has 1 aromatic heterocycles. The molecule has 9 rings (SSSR count). The normalized spacial score (nSPS) is 35.6. The average molecular weight is 786 g/mol. The number of nitrogens with zero attached hydrogens (tertiary/aromatic N) is 1. The van der Waals surface area contributed by atoms with Crippen molar-refractivity contribution in [1.29, 1.82) is 0 Å². The fourth-order valence-corrected chi connectivity index (χ4v) is 13.1. The Morgan fingerprint density at radius 2 is 1.77 bits per heavy atom. The van der Waals surface area contributed by atoms with Gasteiger partial charge >= 0.3 is 6.09 Å². The third-order valence-corrected chi connectivity index (χ3v) is 17.3. The lowest BCUT2D eigenvalue weighted by Crippen LogP contribution is -2.58. The molecule has 0 spiro atoms. The Bertz CT molecular complexity index is 1770. The van der Waals surface area contributed by atoms with Gasteiger partial charge in [-0.25, -0.2) is 4.79 Å². The molecule has 4 bridgehead atoms. The SMILES string of the molecule is CC1=CCC[C@@]2(C)[C@@H](CC[C@@]2(O)CN(C[C@@H]2CC[C@H]3C[C@@H]2C3(C)C)C(=O)O[C@H]2C[C@@H](C)CC[C@@H]2C(C)C)c2ccc(cc2C(=O)c2ccc(C)s2)C[C@@H](O)CC1. The van der Waals surface area contributed by atoms with Crippen LogP contribution < -0.4 is 0 Å². The second-order valence-corrected chi connectivity index (χ2v) is 21.8. The van der Waals surface area contributed by atoms with Crippen LogP contribution in [0.25, 0.3) is 0 Å². The van der Waals surface area contributed by atoms with Crippen LogP contribution in [0.4, 0.5) is 4.79 Å². The molecule has 1 amide bonds. The van der Waals surface area contributed by atoms with Crippen LogP contribution in [0.1, 0.15) is 163 Å². The molecule has 0 aliphatic heterocycles. The van der Waals surface area contributed by atoms with Gasteiger partial charge in [-0.15, -0.1) is 11.3 Å². The largest absolute Gasteiger partial charge is 0.446 e. The molecule has 6 nitrogen and oxygen atoms in total. The summed E-state index contributed by atoms with van der Waals surface area (Å²) in [6.45, 7) is 18.9. The molecule has 2 aromatic rings. The van der Waals surface area contributed by atoms with Crippen molar-refractivity contribution in [2.75, 3.05) is 13.1 Å². The van der Waals surface area contributed by atoms with Gasteiger partial charge in [-0.3, -0.25) is 4.79 Å². The Kier molecular flexibility index (Phi) is 12.1. The molecule has 5 saturated carbocycles. The van der Waals surface area contributed by atoms with Gasteiger partial charge in [-0.2, -0.15) is 0 Å². The summed E-state index contributed by atoms with van der Waals surface area (Å²) in [5.41, 5.74) is 2.36. The first-order chi connectivity index (χ1) is 26.5.